The largest absolute Gasteiger partial charge is 0.348 e. The predicted molar refractivity (Wildman–Crippen MR) is 132 cm³/mol. The first-order valence-corrected chi connectivity index (χ1v) is 12.9. The van der Waals surface area contributed by atoms with Crippen LogP contribution in [0.4, 0.5) is 5.69 Å². The number of amides is 1. The third-order valence-corrected chi connectivity index (χ3v) is 8.08. The molecule has 1 aliphatic rings. The van der Waals surface area contributed by atoms with Gasteiger partial charge in [0.15, 0.2) is 0 Å². The van der Waals surface area contributed by atoms with Crippen LogP contribution in [0.5, 0.6) is 0 Å². The Bertz CT molecular complexity index is 1250. The van der Waals surface area contributed by atoms with Crippen LogP contribution in [0.25, 0.3) is 0 Å². The van der Waals surface area contributed by atoms with Gasteiger partial charge in [0.05, 0.1) is 21.6 Å². The molecule has 0 aromatic heterocycles. The number of nitrogens with one attached hydrogen (secondary N) is 1. The average Bonchev–Trinajstić information content (AvgIpc) is 2.83. The molecule has 3 aromatic rings. The number of hydrogen-bond donors (Lipinski definition) is 1. The summed E-state index contributed by atoms with van der Waals surface area (Å²) in [5.41, 5.74) is 3.99. The van der Waals surface area contributed by atoms with E-state index in [0.29, 0.717) is 0 Å². The maximum absolute atomic E-state index is 13.4. The molecule has 1 N–H and O–H groups in total. The molecule has 0 bridgehead atoms. The highest BCUT2D eigenvalue weighted by Gasteiger charge is 2.29. The zero-order valence-corrected chi connectivity index (χ0v) is 20.1. The molecule has 0 spiro atoms. The van der Waals surface area contributed by atoms with E-state index in [1.807, 2.05) is 13.0 Å². The number of carbonyl (C=O) groups excluding carboxylic acids is 1. The molecule has 0 saturated heterocycles. The number of hydrogen-bond acceptors (Lipinski definition) is 3. The number of nitrogens with zero attached hydrogens (tertiary/aromatic N) is 1. The Balaban J connectivity index is 1.57. The zero-order chi connectivity index (χ0) is 23.4. The highest BCUT2D eigenvalue weighted by molar-refractivity contribution is 7.92. The lowest BCUT2D eigenvalue weighted by atomic mass is 9.89. The van der Waals surface area contributed by atoms with E-state index in [4.69, 9.17) is 11.6 Å². The SMILES string of the molecule is C[C@@H](NC(=O)CN(c1ccccc1Cl)S(=O)(=O)c1ccccc1)c1ccc2c(c1)CCCC2. The molecule has 0 heterocycles. The number of halogens is 1. The molecule has 4 rings (SSSR count). The lowest BCUT2D eigenvalue weighted by Gasteiger charge is -2.26. The summed E-state index contributed by atoms with van der Waals surface area (Å²) in [6.07, 6.45) is 4.55. The van der Waals surface area contributed by atoms with Crippen molar-refractivity contribution in [2.75, 3.05) is 10.8 Å². The van der Waals surface area contributed by atoms with Gasteiger partial charge in [-0.1, -0.05) is 60.1 Å². The molecule has 0 radical (unpaired) electrons. The highest BCUT2D eigenvalue weighted by atomic mass is 35.5. The van der Waals surface area contributed by atoms with Crippen LogP contribution in [0.2, 0.25) is 5.02 Å². The van der Waals surface area contributed by atoms with Gasteiger partial charge in [0.1, 0.15) is 6.54 Å². The van der Waals surface area contributed by atoms with Crippen molar-refractivity contribution in [1.29, 1.82) is 0 Å². The van der Waals surface area contributed by atoms with Crippen LogP contribution in [-0.4, -0.2) is 20.9 Å². The van der Waals surface area contributed by atoms with Gasteiger partial charge in [0.2, 0.25) is 5.91 Å². The van der Waals surface area contributed by atoms with E-state index in [2.05, 4.69) is 17.4 Å². The van der Waals surface area contributed by atoms with Gasteiger partial charge in [-0.2, -0.15) is 0 Å². The fourth-order valence-corrected chi connectivity index (χ4v) is 5.95. The lowest BCUT2D eigenvalue weighted by molar-refractivity contribution is -0.120. The monoisotopic (exact) mass is 482 g/mol. The summed E-state index contributed by atoms with van der Waals surface area (Å²) in [7, 11) is -4.00. The Hall–Kier alpha value is -2.83. The van der Waals surface area contributed by atoms with Gasteiger partial charge in [0.25, 0.3) is 10.0 Å². The fraction of sp³-hybridized carbons (Fsp3) is 0.269. The number of aryl methyl sites for hydroxylation is 2. The summed E-state index contributed by atoms with van der Waals surface area (Å²) in [4.78, 5) is 13.1. The number of fused-ring (bicyclic) bond motifs is 1. The first-order chi connectivity index (χ1) is 15.9. The van der Waals surface area contributed by atoms with Crippen molar-refractivity contribution < 1.29 is 13.2 Å². The summed E-state index contributed by atoms with van der Waals surface area (Å²) < 4.78 is 27.9. The van der Waals surface area contributed by atoms with Gasteiger partial charge >= 0.3 is 0 Å². The Morgan fingerprint density at radius 1 is 0.970 bits per heavy atom. The van der Waals surface area contributed by atoms with Gasteiger partial charge < -0.3 is 5.32 Å². The molecule has 7 heteroatoms. The molecule has 0 aliphatic heterocycles. The van der Waals surface area contributed by atoms with Gasteiger partial charge in [-0.05, 0) is 73.6 Å². The third kappa shape index (κ3) is 5.23. The molecular weight excluding hydrogens is 456 g/mol. The molecule has 0 unspecified atom stereocenters. The van der Waals surface area contributed by atoms with Gasteiger partial charge in [-0.15, -0.1) is 0 Å². The van der Waals surface area contributed by atoms with E-state index in [0.717, 1.165) is 22.7 Å². The second-order valence-electron chi connectivity index (χ2n) is 8.30. The molecule has 0 fully saturated rings. The van der Waals surface area contributed by atoms with Crippen LogP contribution in [-0.2, 0) is 27.7 Å². The minimum Gasteiger partial charge on any atom is -0.348 e. The van der Waals surface area contributed by atoms with Crippen molar-refractivity contribution >= 4 is 33.2 Å². The molecule has 3 aromatic carbocycles. The van der Waals surface area contributed by atoms with E-state index in [1.54, 1.807) is 42.5 Å². The standard InChI is InChI=1S/C26H27ClN2O3S/c1-19(21-16-15-20-9-5-6-10-22(20)17-21)28-26(30)18-29(25-14-8-7-13-24(25)27)33(31,32)23-11-3-2-4-12-23/h2-4,7-8,11-17,19H,5-6,9-10,18H2,1H3,(H,28,30)/t19-/m1/s1. The van der Waals surface area contributed by atoms with Gasteiger partial charge in [-0.25, -0.2) is 8.42 Å². The van der Waals surface area contributed by atoms with E-state index >= 15 is 0 Å². The molecule has 1 aliphatic carbocycles. The van der Waals surface area contributed by atoms with Crippen LogP contribution < -0.4 is 9.62 Å². The van der Waals surface area contributed by atoms with Crippen molar-refractivity contribution in [2.45, 2.75) is 43.5 Å². The average molecular weight is 483 g/mol. The van der Waals surface area contributed by atoms with E-state index in [-0.39, 0.29) is 28.2 Å². The summed E-state index contributed by atoms with van der Waals surface area (Å²) in [6, 6.07) is 20.8. The Kier molecular flexibility index (Phi) is 7.05. The first-order valence-electron chi connectivity index (χ1n) is 11.1. The molecule has 1 amide bonds. The van der Waals surface area contributed by atoms with Crippen molar-refractivity contribution in [3.8, 4) is 0 Å². The van der Waals surface area contributed by atoms with Gasteiger partial charge in [0, 0.05) is 0 Å². The smallest absolute Gasteiger partial charge is 0.264 e. The van der Waals surface area contributed by atoms with Crippen molar-refractivity contribution in [3.63, 3.8) is 0 Å². The second-order valence-corrected chi connectivity index (χ2v) is 10.6. The molecule has 1 atom stereocenters. The van der Waals surface area contributed by atoms with Crippen LogP contribution in [0, 0.1) is 0 Å². The summed E-state index contributed by atoms with van der Waals surface area (Å²) in [5.74, 6) is -0.403. The highest BCUT2D eigenvalue weighted by Crippen LogP contribution is 2.30. The number of para-hydroxylation sites is 1. The van der Waals surface area contributed by atoms with Crippen molar-refractivity contribution in [1.82, 2.24) is 5.32 Å². The fourth-order valence-electron chi connectivity index (χ4n) is 4.20. The van der Waals surface area contributed by atoms with E-state index < -0.39 is 15.9 Å². The Labute approximate surface area is 200 Å². The second kappa shape index (κ2) is 9.98. The maximum Gasteiger partial charge on any atom is 0.264 e. The van der Waals surface area contributed by atoms with Crippen LogP contribution in [0.3, 0.4) is 0 Å². The number of benzene rings is 3. The van der Waals surface area contributed by atoms with Crippen molar-refractivity contribution in [2.24, 2.45) is 0 Å². The van der Waals surface area contributed by atoms with Crippen LogP contribution in [0.15, 0.2) is 77.7 Å². The topological polar surface area (TPSA) is 66.5 Å². The van der Waals surface area contributed by atoms with Crippen molar-refractivity contribution in [3.05, 3.63) is 94.5 Å². The quantitative estimate of drug-likeness (QED) is 0.497. The Morgan fingerprint density at radius 2 is 1.64 bits per heavy atom. The van der Waals surface area contributed by atoms with E-state index in [1.165, 1.54) is 36.1 Å². The zero-order valence-electron chi connectivity index (χ0n) is 18.5. The summed E-state index contributed by atoms with van der Waals surface area (Å²) in [6.45, 7) is 1.53. The number of carbonyl (C=O) groups is 1. The third-order valence-electron chi connectivity index (χ3n) is 5.99. The lowest BCUT2D eigenvalue weighted by Crippen LogP contribution is -2.41. The molecule has 0 saturated carbocycles. The molecular formula is C26H27ClN2O3S. The summed E-state index contributed by atoms with van der Waals surface area (Å²) >= 11 is 6.33. The first kappa shape index (κ1) is 23.3. The van der Waals surface area contributed by atoms with Crippen LogP contribution >= 0.6 is 11.6 Å². The van der Waals surface area contributed by atoms with Crippen LogP contribution in [0.1, 0.15) is 42.5 Å². The molecule has 33 heavy (non-hydrogen) atoms. The predicted octanol–water partition coefficient (Wildman–Crippen LogP) is 5.29. The van der Waals surface area contributed by atoms with E-state index in [9.17, 15) is 13.2 Å². The number of rotatable bonds is 7. The number of sulfonamides is 1. The molecule has 172 valence electrons. The van der Waals surface area contributed by atoms with Gasteiger partial charge in [-0.3, -0.25) is 9.10 Å². The minimum absolute atomic E-state index is 0.0976. The maximum atomic E-state index is 13.4. The Morgan fingerprint density at radius 3 is 2.36 bits per heavy atom. The minimum atomic E-state index is -4.00. The normalized spacial score (nSPS) is 14.2. The summed E-state index contributed by atoms with van der Waals surface area (Å²) in [5, 5.41) is 3.22. The molecule has 5 nitrogen and oxygen atoms in total. The number of anilines is 1.